The minimum absolute atomic E-state index is 0.0744. The standard InChI is InChI=1S/C20H23ClN2O3S/c1-20(2,3)22-19(24)17-12-16(8-9-18(17)21)27(25,26)23-11-10-14-6-4-5-7-15(14)13-23/h4-9,12H,10-11,13H2,1-3H3,(H,22,24). The zero-order valence-electron chi connectivity index (χ0n) is 15.6. The lowest BCUT2D eigenvalue weighted by Crippen LogP contribution is -2.41. The third-order valence-electron chi connectivity index (χ3n) is 4.40. The molecule has 0 spiro atoms. The van der Waals surface area contributed by atoms with Crippen molar-refractivity contribution in [2.45, 2.75) is 44.2 Å². The average molecular weight is 407 g/mol. The summed E-state index contributed by atoms with van der Waals surface area (Å²) in [6, 6.07) is 12.1. The van der Waals surface area contributed by atoms with Crippen molar-refractivity contribution < 1.29 is 13.2 Å². The van der Waals surface area contributed by atoms with E-state index in [1.165, 1.54) is 28.1 Å². The van der Waals surface area contributed by atoms with Gasteiger partial charge in [-0.05, 0) is 56.5 Å². The lowest BCUT2D eigenvalue weighted by atomic mass is 10.0. The first-order valence-electron chi connectivity index (χ1n) is 8.77. The Labute approximate surface area is 165 Å². The molecule has 2 aromatic rings. The Balaban J connectivity index is 1.92. The summed E-state index contributed by atoms with van der Waals surface area (Å²) < 4.78 is 27.7. The number of benzene rings is 2. The van der Waals surface area contributed by atoms with Gasteiger partial charge in [0.15, 0.2) is 0 Å². The van der Waals surface area contributed by atoms with Gasteiger partial charge < -0.3 is 5.32 Å². The minimum Gasteiger partial charge on any atom is -0.347 e. The molecule has 0 aromatic heterocycles. The number of rotatable bonds is 3. The third-order valence-corrected chi connectivity index (χ3v) is 6.58. The van der Waals surface area contributed by atoms with Crippen LogP contribution in [0.4, 0.5) is 0 Å². The minimum atomic E-state index is -3.73. The number of halogens is 1. The molecule has 144 valence electrons. The Morgan fingerprint density at radius 3 is 2.44 bits per heavy atom. The molecule has 0 unspecified atom stereocenters. The number of carbonyl (C=O) groups is 1. The molecule has 1 aliphatic rings. The van der Waals surface area contributed by atoms with Crippen LogP contribution in [0.3, 0.4) is 0 Å². The quantitative estimate of drug-likeness (QED) is 0.846. The van der Waals surface area contributed by atoms with E-state index in [1.807, 2.05) is 45.0 Å². The molecule has 7 heteroatoms. The maximum absolute atomic E-state index is 13.1. The summed E-state index contributed by atoms with van der Waals surface area (Å²) in [6.45, 7) is 6.29. The summed E-state index contributed by atoms with van der Waals surface area (Å²) >= 11 is 6.15. The second-order valence-electron chi connectivity index (χ2n) is 7.70. The van der Waals surface area contributed by atoms with Crippen LogP contribution in [0.25, 0.3) is 0 Å². The Morgan fingerprint density at radius 1 is 1.11 bits per heavy atom. The molecule has 1 N–H and O–H groups in total. The molecule has 3 rings (SSSR count). The predicted octanol–water partition coefficient (Wildman–Crippen LogP) is 3.62. The highest BCUT2D eigenvalue weighted by Gasteiger charge is 2.29. The number of hydrogen-bond acceptors (Lipinski definition) is 3. The molecule has 1 heterocycles. The SMILES string of the molecule is CC(C)(C)NC(=O)c1cc(S(=O)(=O)N2CCc3ccccc3C2)ccc1Cl. The van der Waals surface area contributed by atoms with E-state index in [2.05, 4.69) is 5.32 Å². The Morgan fingerprint density at radius 2 is 1.78 bits per heavy atom. The lowest BCUT2D eigenvalue weighted by Gasteiger charge is -2.28. The van der Waals surface area contributed by atoms with E-state index in [-0.39, 0.29) is 15.5 Å². The molecule has 0 fully saturated rings. The highest BCUT2D eigenvalue weighted by atomic mass is 35.5. The summed E-state index contributed by atoms with van der Waals surface area (Å²) in [6.07, 6.45) is 0.667. The first-order valence-corrected chi connectivity index (χ1v) is 10.6. The van der Waals surface area contributed by atoms with Crippen LogP contribution in [0.1, 0.15) is 42.3 Å². The van der Waals surface area contributed by atoms with Gasteiger partial charge in [-0.1, -0.05) is 35.9 Å². The fourth-order valence-electron chi connectivity index (χ4n) is 3.07. The highest BCUT2D eigenvalue weighted by molar-refractivity contribution is 7.89. The molecule has 2 aromatic carbocycles. The first kappa shape index (κ1) is 19.9. The number of nitrogens with zero attached hydrogens (tertiary/aromatic N) is 1. The number of carbonyl (C=O) groups excluding carboxylic acids is 1. The number of fused-ring (bicyclic) bond motifs is 1. The van der Waals surface area contributed by atoms with Crippen molar-refractivity contribution in [1.82, 2.24) is 9.62 Å². The second kappa shape index (κ2) is 7.26. The molecule has 0 saturated heterocycles. The van der Waals surface area contributed by atoms with Crippen LogP contribution < -0.4 is 5.32 Å². The fraction of sp³-hybridized carbons (Fsp3) is 0.350. The molecule has 0 saturated carbocycles. The summed E-state index contributed by atoms with van der Waals surface area (Å²) in [5, 5.41) is 3.04. The van der Waals surface area contributed by atoms with E-state index in [1.54, 1.807) is 0 Å². The van der Waals surface area contributed by atoms with E-state index in [0.29, 0.717) is 19.5 Å². The van der Waals surface area contributed by atoms with Crippen molar-refractivity contribution in [3.8, 4) is 0 Å². The van der Waals surface area contributed by atoms with Crippen molar-refractivity contribution in [3.05, 3.63) is 64.2 Å². The van der Waals surface area contributed by atoms with Crippen molar-refractivity contribution in [2.24, 2.45) is 0 Å². The number of hydrogen-bond donors (Lipinski definition) is 1. The van der Waals surface area contributed by atoms with E-state index < -0.39 is 21.5 Å². The third kappa shape index (κ3) is 4.34. The number of sulfonamides is 1. The van der Waals surface area contributed by atoms with Crippen molar-refractivity contribution >= 4 is 27.5 Å². The summed E-state index contributed by atoms with van der Waals surface area (Å²) in [7, 11) is -3.73. The molecule has 1 aliphatic heterocycles. The Kier molecular flexibility index (Phi) is 5.34. The van der Waals surface area contributed by atoms with Gasteiger partial charge >= 0.3 is 0 Å². The Bertz CT molecular complexity index is 981. The zero-order valence-corrected chi connectivity index (χ0v) is 17.2. The number of amides is 1. The van der Waals surface area contributed by atoms with Crippen molar-refractivity contribution in [3.63, 3.8) is 0 Å². The van der Waals surface area contributed by atoms with Crippen molar-refractivity contribution in [2.75, 3.05) is 6.54 Å². The summed E-state index contributed by atoms with van der Waals surface area (Å²) in [5.41, 5.74) is 1.88. The van der Waals surface area contributed by atoms with E-state index in [0.717, 1.165) is 5.56 Å². The lowest BCUT2D eigenvalue weighted by molar-refractivity contribution is 0.0919. The van der Waals surface area contributed by atoms with E-state index in [4.69, 9.17) is 11.6 Å². The molecule has 0 aliphatic carbocycles. The number of nitrogens with one attached hydrogen (secondary N) is 1. The van der Waals surface area contributed by atoms with Gasteiger partial charge in [0.05, 0.1) is 15.5 Å². The van der Waals surface area contributed by atoms with Gasteiger partial charge in [0, 0.05) is 18.6 Å². The van der Waals surface area contributed by atoms with E-state index in [9.17, 15) is 13.2 Å². The maximum Gasteiger partial charge on any atom is 0.253 e. The van der Waals surface area contributed by atoms with Crippen LogP contribution in [0.15, 0.2) is 47.4 Å². The van der Waals surface area contributed by atoms with Crippen LogP contribution in [0.2, 0.25) is 5.02 Å². The molecule has 27 heavy (non-hydrogen) atoms. The molecule has 0 bridgehead atoms. The molecule has 5 nitrogen and oxygen atoms in total. The molecule has 0 radical (unpaired) electrons. The van der Waals surface area contributed by atoms with Crippen LogP contribution in [-0.2, 0) is 23.0 Å². The zero-order chi connectivity index (χ0) is 19.8. The highest BCUT2D eigenvalue weighted by Crippen LogP contribution is 2.27. The largest absolute Gasteiger partial charge is 0.347 e. The first-order chi connectivity index (χ1) is 12.6. The maximum atomic E-state index is 13.1. The van der Waals surface area contributed by atoms with Gasteiger partial charge in [-0.3, -0.25) is 4.79 Å². The van der Waals surface area contributed by atoms with Gasteiger partial charge in [-0.25, -0.2) is 8.42 Å². The average Bonchev–Trinajstić information content (AvgIpc) is 2.60. The Hall–Kier alpha value is -1.89. The predicted molar refractivity (Wildman–Crippen MR) is 106 cm³/mol. The molecule has 1 amide bonds. The second-order valence-corrected chi connectivity index (χ2v) is 10.0. The van der Waals surface area contributed by atoms with Crippen LogP contribution in [0.5, 0.6) is 0 Å². The monoisotopic (exact) mass is 406 g/mol. The van der Waals surface area contributed by atoms with E-state index >= 15 is 0 Å². The van der Waals surface area contributed by atoms with Gasteiger partial charge in [0.25, 0.3) is 5.91 Å². The van der Waals surface area contributed by atoms with Crippen LogP contribution in [-0.4, -0.2) is 30.7 Å². The molecular weight excluding hydrogens is 384 g/mol. The van der Waals surface area contributed by atoms with Crippen LogP contribution >= 0.6 is 11.6 Å². The van der Waals surface area contributed by atoms with Crippen molar-refractivity contribution in [1.29, 1.82) is 0 Å². The topological polar surface area (TPSA) is 66.5 Å². The smallest absolute Gasteiger partial charge is 0.253 e. The normalized spacial score (nSPS) is 15.3. The van der Waals surface area contributed by atoms with Crippen LogP contribution in [0, 0.1) is 0 Å². The fourth-order valence-corrected chi connectivity index (χ4v) is 4.72. The van der Waals surface area contributed by atoms with Gasteiger partial charge in [0.2, 0.25) is 10.0 Å². The van der Waals surface area contributed by atoms with Gasteiger partial charge in [0.1, 0.15) is 0 Å². The summed E-state index contributed by atoms with van der Waals surface area (Å²) in [4.78, 5) is 12.6. The molecular formula is C20H23ClN2O3S. The summed E-state index contributed by atoms with van der Waals surface area (Å²) in [5.74, 6) is -0.395. The van der Waals surface area contributed by atoms with Gasteiger partial charge in [-0.2, -0.15) is 4.31 Å². The molecule has 0 atom stereocenters. The van der Waals surface area contributed by atoms with Gasteiger partial charge in [-0.15, -0.1) is 0 Å².